The van der Waals surface area contributed by atoms with Gasteiger partial charge in [-0.2, -0.15) is 0 Å². The maximum atomic E-state index is 10.7. The molecule has 0 N–H and O–H groups in total. The topological polar surface area (TPSA) is 17.1 Å². The molecule has 4 heteroatoms. The van der Waals surface area contributed by atoms with Crippen LogP contribution in [0.25, 0.3) is 20.2 Å². The summed E-state index contributed by atoms with van der Waals surface area (Å²) in [6, 6.07) is 15.9. The van der Waals surface area contributed by atoms with Crippen molar-refractivity contribution in [1.29, 1.82) is 0 Å². The Bertz CT molecular complexity index is 710. The van der Waals surface area contributed by atoms with Crippen molar-refractivity contribution in [3.63, 3.8) is 0 Å². The molecule has 2 heterocycles. The van der Waals surface area contributed by atoms with Gasteiger partial charge in [0.1, 0.15) is 0 Å². The maximum absolute atomic E-state index is 10.7. The van der Waals surface area contributed by atoms with Crippen LogP contribution in [0.5, 0.6) is 0 Å². The third kappa shape index (κ3) is 2.63. The Hall–Kier alpha value is -1.42. The lowest BCUT2D eigenvalue weighted by atomic mass is 10.2. The molecule has 0 aliphatic rings. The van der Waals surface area contributed by atoms with Crippen LogP contribution in [0.1, 0.15) is 9.67 Å². The van der Waals surface area contributed by atoms with Crippen molar-refractivity contribution < 1.29 is 4.79 Å². The van der Waals surface area contributed by atoms with Crippen LogP contribution in [0.15, 0.2) is 48.5 Å². The van der Waals surface area contributed by atoms with Crippen molar-refractivity contribution in [2.24, 2.45) is 0 Å². The number of benzene rings is 1. The van der Waals surface area contributed by atoms with Gasteiger partial charge in [-0.15, -0.1) is 22.7 Å². The zero-order valence-electron chi connectivity index (χ0n) is 9.80. The maximum Gasteiger partial charge on any atom is 0.160 e. The SMILES string of the molecule is O=Cc1ccc(-c2ccc(-c3ccc(Cl)cc3)s2)s1. The van der Waals surface area contributed by atoms with Crippen molar-refractivity contribution in [1.82, 2.24) is 0 Å². The van der Waals surface area contributed by atoms with Crippen molar-refractivity contribution in [2.75, 3.05) is 0 Å². The molecule has 0 aliphatic heterocycles. The summed E-state index contributed by atoms with van der Waals surface area (Å²) in [5.41, 5.74) is 1.16. The molecule has 0 saturated heterocycles. The average Bonchev–Trinajstić information content (AvgIpc) is 3.08. The van der Waals surface area contributed by atoms with Gasteiger partial charge in [-0.05, 0) is 42.0 Å². The van der Waals surface area contributed by atoms with E-state index in [1.54, 1.807) is 11.3 Å². The van der Waals surface area contributed by atoms with Gasteiger partial charge in [-0.3, -0.25) is 4.79 Å². The van der Waals surface area contributed by atoms with E-state index in [1.807, 2.05) is 36.4 Å². The Kier molecular flexibility index (Phi) is 3.51. The van der Waals surface area contributed by atoms with Crippen LogP contribution < -0.4 is 0 Å². The first-order valence-electron chi connectivity index (χ1n) is 5.67. The molecule has 0 saturated carbocycles. The van der Waals surface area contributed by atoms with Crippen LogP contribution in [-0.2, 0) is 0 Å². The van der Waals surface area contributed by atoms with Gasteiger partial charge in [0.15, 0.2) is 6.29 Å². The normalized spacial score (nSPS) is 10.6. The fraction of sp³-hybridized carbons (Fsp3) is 0. The van der Waals surface area contributed by atoms with Gasteiger partial charge in [-0.1, -0.05) is 23.7 Å². The molecule has 3 aromatic rings. The first-order valence-corrected chi connectivity index (χ1v) is 7.68. The molecule has 1 aromatic carbocycles. The Morgan fingerprint density at radius 3 is 2.11 bits per heavy atom. The predicted octanol–water partition coefficient (Wildman–Crippen LogP) is 5.61. The molecule has 0 unspecified atom stereocenters. The standard InChI is InChI=1S/C15H9ClOS2/c16-11-3-1-10(2-4-11)13-7-8-15(19-13)14-6-5-12(9-17)18-14/h1-9H. The van der Waals surface area contributed by atoms with Gasteiger partial charge < -0.3 is 0 Å². The minimum Gasteiger partial charge on any atom is -0.297 e. The predicted molar refractivity (Wildman–Crippen MR) is 83.5 cm³/mol. The summed E-state index contributed by atoms with van der Waals surface area (Å²) in [7, 11) is 0. The molecule has 19 heavy (non-hydrogen) atoms. The number of hydrogen-bond donors (Lipinski definition) is 0. The fourth-order valence-electron chi connectivity index (χ4n) is 1.79. The first kappa shape index (κ1) is 12.6. The van der Waals surface area contributed by atoms with E-state index in [9.17, 15) is 4.79 Å². The zero-order chi connectivity index (χ0) is 13.2. The van der Waals surface area contributed by atoms with Crippen LogP contribution in [0.2, 0.25) is 5.02 Å². The van der Waals surface area contributed by atoms with Gasteiger partial charge in [0, 0.05) is 19.7 Å². The van der Waals surface area contributed by atoms with E-state index in [-0.39, 0.29) is 0 Å². The highest BCUT2D eigenvalue weighted by atomic mass is 35.5. The molecule has 0 fully saturated rings. The van der Waals surface area contributed by atoms with E-state index in [0.29, 0.717) is 0 Å². The van der Waals surface area contributed by atoms with Gasteiger partial charge >= 0.3 is 0 Å². The molecule has 94 valence electrons. The number of aldehydes is 1. The van der Waals surface area contributed by atoms with E-state index < -0.39 is 0 Å². The average molecular weight is 305 g/mol. The van der Waals surface area contributed by atoms with Gasteiger partial charge in [0.25, 0.3) is 0 Å². The Labute approximate surface area is 124 Å². The molecular weight excluding hydrogens is 296 g/mol. The van der Waals surface area contributed by atoms with E-state index >= 15 is 0 Å². The monoisotopic (exact) mass is 304 g/mol. The van der Waals surface area contributed by atoms with E-state index in [4.69, 9.17) is 11.6 Å². The molecule has 0 amide bonds. The summed E-state index contributed by atoms with van der Waals surface area (Å²) >= 11 is 9.13. The van der Waals surface area contributed by atoms with E-state index in [2.05, 4.69) is 12.1 Å². The van der Waals surface area contributed by atoms with Crippen molar-refractivity contribution in [3.8, 4) is 20.2 Å². The molecule has 0 radical (unpaired) electrons. The summed E-state index contributed by atoms with van der Waals surface area (Å²) in [5.74, 6) is 0. The highest BCUT2D eigenvalue weighted by Crippen LogP contribution is 2.37. The number of thiophene rings is 2. The summed E-state index contributed by atoms with van der Waals surface area (Å²) in [4.78, 5) is 15.0. The highest BCUT2D eigenvalue weighted by molar-refractivity contribution is 7.24. The minimum atomic E-state index is 0.745. The van der Waals surface area contributed by atoms with Crippen LogP contribution in [0.3, 0.4) is 0 Å². The summed E-state index contributed by atoms with van der Waals surface area (Å²) in [6.07, 6.45) is 0.891. The molecule has 0 bridgehead atoms. The quantitative estimate of drug-likeness (QED) is 0.575. The molecular formula is C15H9ClOS2. The molecule has 2 aromatic heterocycles. The van der Waals surface area contributed by atoms with E-state index in [0.717, 1.165) is 26.6 Å². The second-order valence-electron chi connectivity index (χ2n) is 3.99. The summed E-state index contributed by atoms with van der Waals surface area (Å²) in [6.45, 7) is 0. The zero-order valence-corrected chi connectivity index (χ0v) is 12.2. The molecule has 1 nitrogen and oxygen atoms in total. The van der Waals surface area contributed by atoms with Crippen molar-refractivity contribution in [3.05, 3.63) is 58.4 Å². The highest BCUT2D eigenvalue weighted by Gasteiger charge is 2.07. The summed E-state index contributed by atoms with van der Waals surface area (Å²) in [5, 5.41) is 0.745. The lowest BCUT2D eigenvalue weighted by Crippen LogP contribution is -1.69. The van der Waals surface area contributed by atoms with Crippen LogP contribution in [0.4, 0.5) is 0 Å². The molecule has 0 aliphatic carbocycles. The van der Waals surface area contributed by atoms with Crippen LogP contribution in [-0.4, -0.2) is 6.29 Å². The Morgan fingerprint density at radius 1 is 0.789 bits per heavy atom. The molecule has 3 rings (SSSR count). The molecule has 0 spiro atoms. The smallest absolute Gasteiger partial charge is 0.160 e. The minimum absolute atomic E-state index is 0.745. The second kappa shape index (κ2) is 5.29. The third-order valence-corrected chi connectivity index (χ3v) is 5.31. The lowest BCUT2D eigenvalue weighted by Gasteiger charge is -1.96. The summed E-state index contributed by atoms with van der Waals surface area (Å²) < 4.78 is 0. The molecule has 0 atom stereocenters. The van der Waals surface area contributed by atoms with Crippen molar-refractivity contribution in [2.45, 2.75) is 0 Å². The Balaban J connectivity index is 1.94. The number of carbonyl (C=O) groups is 1. The van der Waals surface area contributed by atoms with Crippen LogP contribution in [0, 0.1) is 0 Å². The Morgan fingerprint density at radius 2 is 1.42 bits per heavy atom. The number of halogens is 1. The lowest BCUT2D eigenvalue weighted by molar-refractivity contribution is 0.112. The van der Waals surface area contributed by atoms with Gasteiger partial charge in [0.05, 0.1) is 4.88 Å². The fourth-order valence-corrected chi connectivity index (χ4v) is 3.84. The number of carbonyl (C=O) groups excluding carboxylic acids is 1. The second-order valence-corrected chi connectivity index (χ2v) is 6.63. The van der Waals surface area contributed by atoms with Gasteiger partial charge in [-0.25, -0.2) is 0 Å². The number of rotatable bonds is 3. The van der Waals surface area contributed by atoms with E-state index in [1.165, 1.54) is 21.1 Å². The largest absolute Gasteiger partial charge is 0.297 e. The van der Waals surface area contributed by atoms with Crippen molar-refractivity contribution >= 4 is 40.6 Å². The number of hydrogen-bond acceptors (Lipinski definition) is 3. The van der Waals surface area contributed by atoms with Crippen LogP contribution >= 0.6 is 34.3 Å². The third-order valence-electron chi connectivity index (χ3n) is 2.72. The first-order chi connectivity index (χ1) is 9.26. The van der Waals surface area contributed by atoms with Gasteiger partial charge in [0.2, 0.25) is 0 Å².